The van der Waals surface area contributed by atoms with Crippen LogP contribution in [0.25, 0.3) is 0 Å². The van der Waals surface area contributed by atoms with Crippen molar-refractivity contribution < 1.29 is 9.53 Å². The van der Waals surface area contributed by atoms with E-state index in [4.69, 9.17) is 4.74 Å². The second-order valence-electron chi connectivity index (χ2n) is 5.08. The van der Waals surface area contributed by atoms with E-state index in [0.717, 1.165) is 31.5 Å². The summed E-state index contributed by atoms with van der Waals surface area (Å²) < 4.78 is 5.43. The van der Waals surface area contributed by atoms with Crippen LogP contribution in [0.2, 0.25) is 0 Å². The van der Waals surface area contributed by atoms with Crippen LogP contribution in [0.5, 0.6) is 0 Å². The Kier molecular flexibility index (Phi) is 2.63. The average Bonchev–Trinajstić information content (AvgIpc) is 3.13. The summed E-state index contributed by atoms with van der Waals surface area (Å²) in [5, 5.41) is 3.30. The molecule has 90 valence electrons. The van der Waals surface area contributed by atoms with Gasteiger partial charge in [0.2, 0.25) is 0 Å². The maximum absolute atomic E-state index is 12.1. The van der Waals surface area contributed by atoms with Gasteiger partial charge in [-0.2, -0.15) is 0 Å². The van der Waals surface area contributed by atoms with Gasteiger partial charge in [0, 0.05) is 6.54 Å². The monoisotopic (exact) mass is 231 g/mol. The van der Waals surface area contributed by atoms with Crippen LogP contribution < -0.4 is 5.32 Å². The molecule has 1 aliphatic heterocycles. The topological polar surface area (TPSA) is 38.3 Å². The molecular formula is C14H17NO2. The van der Waals surface area contributed by atoms with Gasteiger partial charge in [-0.3, -0.25) is 4.79 Å². The standard InChI is InChI=1S/C14H17NO2/c16-13(14-8-12(14)6-7-15-10-14)17-9-11-4-2-1-3-5-11/h1-5,12,15H,6-10H2. The molecule has 2 aliphatic rings. The van der Waals surface area contributed by atoms with E-state index in [1.807, 2.05) is 30.3 Å². The highest BCUT2D eigenvalue weighted by atomic mass is 16.5. The number of benzene rings is 1. The van der Waals surface area contributed by atoms with Crippen molar-refractivity contribution in [2.75, 3.05) is 13.1 Å². The molecular weight excluding hydrogens is 214 g/mol. The van der Waals surface area contributed by atoms with Crippen molar-refractivity contribution in [3.63, 3.8) is 0 Å². The summed E-state index contributed by atoms with van der Waals surface area (Å²) in [6.07, 6.45) is 2.12. The fourth-order valence-corrected chi connectivity index (χ4v) is 2.75. The molecule has 1 aliphatic carbocycles. The summed E-state index contributed by atoms with van der Waals surface area (Å²) in [5.41, 5.74) is 0.866. The Morgan fingerprint density at radius 1 is 1.41 bits per heavy atom. The van der Waals surface area contributed by atoms with Crippen LogP contribution in [0.3, 0.4) is 0 Å². The van der Waals surface area contributed by atoms with E-state index in [-0.39, 0.29) is 11.4 Å². The minimum atomic E-state index is -0.187. The van der Waals surface area contributed by atoms with Gasteiger partial charge >= 0.3 is 5.97 Å². The minimum absolute atomic E-state index is 0.0152. The smallest absolute Gasteiger partial charge is 0.314 e. The number of rotatable bonds is 3. The first-order valence-corrected chi connectivity index (χ1v) is 6.23. The van der Waals surface area contributed by atoms with Gasteiger partial charge in [0.15, 0.2) is 0 Å². The molecule has 2 unspecified atom stereocenters. The van der Waals surface area contributed by atoms with Crippen LogP contribution in [0, 0.1) is 11.3 Å². The summed E-state index contributed by atoms with van der Waals surface area (Å²) in [6, 6.07) is 9.85. The quantitative estimate of drug-likeness (QED) is 0.805. The van der Waals surface area contributed by atoms with Crippen LogP contribution in [0.15, 0.2) is 30.3 Å². The molecule has 1 heterocycles. The molecule has 3 nitrogen and oxygen atoms in total. The van der Waals surface area contributed by atoms with E-state index in [0.29, 0.717) is 12.5 Å². The van der Waals surface area contributed by atoms with Crippen LogP contribution in [0.1, 0.15) is 18.4 Å². The normalized spacial score (nSPS) is 30.5. The lowest BCUT2D eigenvalue weighted by atomic mass is 9.99. The molecule has 0 amide bonds. The summed E-state index contributed by atoms with van der Waals surface area (Å²) in [6.45, 7) is 2.23. The number of carbonyl (C=O) groups excluding carboxylic acids is 1. The van der Waals surface area contributed by atoms with Crippen LogP contribution >= 0.6 is 0 Å². The number of hydrogen-bond acceptors (Lipinski definition) is 3. The molecule has 1 aromatic rings. The van der Waals surface area contributed by atoms with Gasteiger partial charge in [-0.25, -0.2) is 0 Å². The Labute approximate surface area is 101 Å². The molecule has 0 spiro atoms. The number of ether oxygens (including phenoxy) is 1. The molecule has 3 heteroatoms. The number of carbonyl (C=O) groups is 1. The highest BCUT2D eigenvalue weighted by Crippen LogP contribution is 2.56. The molecule has 2 atom stereocenters. The predicted octanol–water partition coefficient (Wildman–Crippen LogP) is 1.73. The fraction of sp³-hybridized carbons (Fsp3) is 0.500. The van der Waals surface area contributed by atoms with Crippen molar-refractivity contribution >= 4 is 5.97 Å². The zero-order valence-electron chi connectivity index (χ0n) is 9.82. The van der Waals surface area contributed by atoms with Crippen molar-refractivity contribution in [1.82, 2.24) is 5.32 Å². The molecule has 1 saturated carbocycles. The molecule has 0 bridgehead atoms. The van der Waals surface area contributed by atoms with Gasteiger partial charge in [-0.1, -0.05) is 30.3 Å². The number of fused-ring (bicyclic) bond motifs is 1. The highest BCUT2D eigenvalue weighted by Gasteiger charge is 2.61. The number of hydrogen-bond donors (Lipinski definition) is 1. The first-order chi connectivity index (χ1) is 8.31. The third-order valence-electron chi connectivity index (χ3n) is 3.96. The summed E-state index contributed by atoms with van der Waals surface area (Å²) in [4.78, 5) is 12.1. The first kappa shape index (κ1) is 10.8. The minimum Gasteiger partial charge on any atom is -0.460 e. The third-order valence-corrected chi connectivity index (χ3v) is 3.96. The zero-order chi connectivity index (χ0) is 11.7. The molecule has 17 heavy (non-hydrogen) atoms. The highest BCUT2D eigenvalue weighted by molar-refractivity contribution is 5.81. The molecule has 0 radical (unpaired) electrons. The zero-order valence-corrected chi connectivity index (χ0v) is 9.82. The summed E-state index contributed by atoms with van der Waals surface area (Å²) >= 11 is 0. The second kappa shape index (κ2) is 4.15. The Balaban J connectivity index is 1.58. The largest absolute Gasteiger partial charge is 0.460 e. The van der Waals surface area contributed by atoms with Gasteiger partial charge in [0.1, 0.15) is 6.61 Å². The van der Waals surface area contributed by atoms with E-state index in [1.54, 1.807) is 0 Å². The Hall–Kier alpha value is -1.35. The SMILES string of the molecule is O=C(OCc1ccccc1)C12CNCCC1C2. The van der Waals surface area contributed by atoms with Gasteiger partial charge in [-0.15, -0.1) is 0 Å². The van der Waals surface area contributed by atoms with Crippen LogP contribution in [-0.2, 0) is 16.1 Å². The molecule has 1 aromatic carbocycles. The molecule has 1 saturated heterocycles. The maximum atomic E-state index is 12.1. The van der Waals surface area contributed by atoms with Crippen LogP contribution in [-0.4, -0.2) is 19.1 Å². The van der Waals surface area contributed by atoms with Gasteiger partial charge in [-0.05, 0) is 30.9 Å². The van der Waals surface area contributed by atoms with E-state index in [1.165, 1.54) is 0 Å². The first-order valence-electron chi connectivity index (χ1n) is 6.23. The number of piperidine rings is 1. The van der Waals surface area contributed by atoms with E-state index < -0.39 is 0 Å². The van der Waals surface area contributed by atoms with E-state index in [9.17, 15) is 4.79 Å². The summed E-state index contributed by atoms with van der Waals surface area (Å²) in [5.74, 6) is 0.547. The molecule has 1 N–H and O–H groups in total. The second-order valence-corrected chi connectivity index (χ2v) is 5.08. The van der Waals surface area contributed by atoms with Gasteiger partial charge in [0.05, 0.1) is 5.41 Å². The maximum Gasteiger partial charge on any atom is 0.314 e. The summed E-state index contributed by atoms with van der Waals surface area (Å²) in [7, 11) is 0. The molecule has 3 rings (SSSR count). The van der Waals surface area contributed by atoms with Crippen molar-refractivity contribution in [3.8, 4) is 0 Å². The number of nitrogens with one attached hydrogen (secondary N) is 1. The Bertz CT molecular complexity index is 417. The average molecular weight is 231 g/mol. The lowest BCUT2D eigenvalue weighted by molar-refractivity contribution is -0.152. The lowest BCUT2D eigenvalue weighted by Gasteiger charge is -2.21. The predicted molar refractivity (Wildman–Crippen MR) is 64.3 cm³/mol. The van der Waals surface area contributed by atoms with Crippen molar-refractivity contribution in [1.29, 1.82) is 0 Å². The number of esters is 1. The molecule has 2 fully saturated rings. The lowest BCUT2D eigenvalue weighted by Crippen LogP contribution is -2.37. The van der Waals surface area contributed by atoms with Crippen molar-refractivity contribution in [2.24, 2.45) is 11.3 Å². The van der Waals surface area contributed by atoms with Crippen LogP contribution in [0.4, 0.5) is 0 Å². The third kappa shape index (κ3) is 1.95. The van der Waals surface area contributed by atoms with Crippen molar-refractivity contribution in [3.05, 3.63) is 35.9 Å². The van der Waals surface area contributed by atoms with E-state index >= 15 is 0 Å². The van der Waals surface area contributed by atoms with Gasteiger partial charge < -0.3 is 10.1 Å². The molecule has 0 aromatic heterocycles. The van der Waals surface area contributed by atoms with Gasteiger partial charge in [0.25, 0.3) is 0 Å². The fourth-order valence-electron chi connectivity index (χ4n) is 2.75. The Morgan fingerprint density at radius 3 is 3.00 bits per heavy atom. The van der Waals surface area contributed by atoms with Crippen molar-refractivity contribution in [2.45, 2.75) is 19.4 Å². The Morgan fingerprint density at radius 2 is 2.24 bits per heavy atom. The van der Waals surface area contributed by atoms with E-state index in [2.05, 4.69) is 5.32 Å².